The molecule has 18 rings (SSSR count). The van der Waals surface area contributed by atoms with E-state index < -0.39 is 16.8 Å². The molecule has 19 heteroatoms. The second kappa shape index (κ2) is 27.1. The quantitative estimate of drug-likeness (QED) is 0.103. The topological polar surface area (TPSA) is 254 Å². The number of fused-ring (bicyclic) bond motifs is 18. The maximum absolute atomic E-state index is 13.6. The van der Waals surface area contributed by atoms with Gasteiger partial charge < -0.3 is 15.3 Å². The first-order chi connectivity index (χ1) is 47.6. The van der Waals surface area contributed by atoms with Gasteiger partial charge in [-0.15, -0.1) is 0 Å². The summed E-state index contributed by atoms with van der Waals surface area (Å²) >= 11 is 3.43. The molecule has 0 bridgehead atoms. The van der Waals surface area contributed by atoms with Gasteiger partial charge in [0.15, 0.2) is 28.5 Å². The number of H-pyrrole nitrogens is 1. The predicted molar refractivity (Wildman–Crippen MR) is 395 cm³/mol. The van der Waals surface area contributed by atoms with Crippen molar-refractivity contribution in [1.29, 1.82) is 0 Å². The molecule has 0 unspecified atom stereocenters. The highest BCUT2D eigenvalue weighted by molar-refractivity contribution is 9.09. The lowest BCUT2D eigenvalue weighted by atomic mass is 9.44. The molecule has 6 aromatic rings. The van der Waals surface area contributed by atoms with Crippen molar-refractivity contribution in [3.8, 4) is 0 Å². The van der Waals surface area contributed by atoms with Crippen LogP contribution in [0.5, 0.6) is 0 Å². The van der Waals surface area contributed by atoms with Crippen LogP contribution in [-0.4, -0.2) is 114 Å². The molecule has 0 amide bonds. The van der Waals surface area contributed by atoms with Crippen LogP contribution in [0.15, 0.2) is 55.8 Å². The highest BCUT2D eigenvalue weighted by atomic mass is 79.9. The Kier molecular flexibility index (Phi) is 19.6. The number of nitrogens with zero attached hydrogens (tertiary/aromatic N) is 11. The van der Waals surface area contributed by atoms with Gasteiger partial charge in [0, 0.05) is 54.9 Å². The predicted octanol–water partition coefficient (Wildman–Crippen LogP) is 16.0. The molecule has 4 N–H and O–H groups in total. The molecule has 0 saturated heterocycles. The monoisotopic (exact) mass is 1450 g/mol. The fourth-order valence-electron chi connectivity index (χ4n) is 27.0. The van der Waals surface area contributed by atoms with Crippen LogP contribution in [0.3, 0.4) is 0 Å². The molecule has 101 heavy (non-hydrogen) atoms. The Hall–Kier alpha value is -4.98. The van der Waals surface area contributed by atoms with Crippen molar-refractivity contribution in [2.24, 2.45) is 121 Å². The molecule has 12 fully saturated rings. The lowest BCUT2D eigenvalue weighted by molar-refractivity contribution is -0.151. The summed E-state index contributed by atoms with van der Waals surface area (Å²) in [6.45, 7) is 21.7. The standard InChI is InChI=1S/2C27H38N4O2.C22H35BrO2.C5H4N4.CH4/c1-25(33)10-11-26(2)17(14-25)4-5-18-19-6-7-21(27(19,3)9-8-20(18)26)23(32)16-31-15-22-24(30-31)29-13-12-28-22;1-25(33)10-11-26(2)17(14-25)4-5-18-19-6-7-21(27(19,3)9-8-20(18)26)23(32)16-31-24-22(15-30-31)28-12-13-29-24;1-20(25)10-11-21(2)14(12-20)4-5-15-16-6-7-18(19(24)13-23)22(16,3)9-8-17(15)21;1-2-7-5-4(6-1)3-8-9-5;/h2*12-13,15,17-21,33H,4-11,14,16H2,1-3H3;14-18,25H,4-13H2,1-3H3;1-3H,(H,7,8,9);1H4/t2*17-,18-,19-,20-,21+,25+,26-,27-;14-,15-,16-,17-,18+,20+,21-,22-;;/m000../s1. The molecule has 6 heterocycles. The third kappa shape index (κ3) is 12.8. The Bertz CT molecular complexity index is 3930. The Balaban J connectivity index is 0.000000121. The van der Waals surface area contributed by atoms with Crippen molar-refractivity contribution in [1.82, 2.24) is 59.7 Å². The largest absolute Gasteiger partial charge is 0.390 e. The van der Waals surface area contributed by atoms with Crippen LogP contribution >= 0.6 is 15.9 Å². The molecule has 12 aliphatic carbocycles. The van der Waals surface area contributed by atoms with Crippen molar-refractivity contribution in [3.63, 3.8) is 0 Å². The molecule has 6 aromatic heterocycles. The molecule has 0 radical (unpaired) electrons. The van der Waals surface area contributed by atoms with Gasteiger partial charge in [0.05, 0.1) is 47.3 Å². The number of nitrogens with one attached hydrogen (secondary N) is 1. The van der Waals surface area contributed by atoms with Gasteiger partial charge in [-0.2, -0.15) is 15.3 Å². The molecule has 24 atom stereocenters. The number of alkyl halides is 1. The van der Waals surface area contributed by atoms with Gasteiger partial charge >= 0.3 is 0 Å². The number of halogens is 1. The summed E-state index contributed by atoms with van der Waals surface area (Å²) in [5, 5.41) is 47.9. The number of aromatic nitrogens is 12. The smallest absolute Gasteiger partial charge is 0.199 e. The minimum atomic E-state index is -0.480. The maximum Gasteiger partial charge on any atom is 0.199 e. The molecule has 0 aliphatic heterocycles. The van der Waals surface area contributed by atoms with Gasteiger partial charge in [0.25, 0.3) is 0 Å². The van der Waals surface area contributed by atoms with Crippen LogP contribution in [-0.2, 0) is 27.5 Å². The molecule has 0 spiro atoms. The fraction of sp³-hybridized carbons (Fsp3) is 0.780. The van der Waals surface area contributed by atoms with E-state index in [1.807, 2.05) is 27.0 Å². The first-order valence-electron chi connectivity index (χ1n) is 39.3. The first kappa shape index (κ1) is 72.9. The summed E-state index contributed by atoms with van der Waals surface area (Å²) in [6, 6.07) is 0. The van der Waals surface area contributed by atoms with E-state index >= 15 is 0 Å². The highest BCUT2D eigenvalue weighted by Gasteiger charge is 2.65. The van der Waals surface area contributed by atoms with Crippen LogP contribution in [0.4, 0.5) is 0 Å². The van der Waals surface area contributed by atoms with Crippen molar-refractivity contribution in [2.75, 3.05) is 5.33 Å². The number of hydrogen-bond donors (Lipinski definition) is 4. The van der Waals surface area contributed by atoms with E-state index in [4.69, 9.17) is 0 Å². The zero-order chi connectivity index (χ0) is 70.2. The van der Waals surface area contributed by atoms with E-state index in [1.165, 1.54) is 89.9 Å². The van der Waals surface area contributed by atoms with Gasteiger partial charge in [-0.1, -0.05) is 64.9 Å². The van der Waals surface area contributed by atoms with E-state index in [2.05, 4.69) is 108 Å². The number of carbonyl (C=O) groups is 3. The minimum Gasteiger partial charge on any atom is -0.390 e. The van der Waals surface area contributed by atoms with Crippen molar-refractivity contribution < 1.29 is 29.7 Å². The van der Waals surface area contributed by atoms with Crippen LogP contribution in [0.25, 0.3) is 33.5 Å². The van der Waals surface area contributed by atoms with Crippen LogP contribution in [0.1, 0.15) is 243 Å². The summed E-state index contributed by atoms with van der Waals surface area (Å²) in [7, 11) is 0. The minimum absolute atomic E-state index is 0. The zero-order valence-corrected chi connectivity index (χ0v) is 63.0. The third-order valence-corrected chi connectivity index (χ3v) is 32.9. The van der Waals surface area contributed by atoms with Crippen molar-refractivity contribution in [2.45, 2.75) is 273 Å². The number of Topliss-reactive ketones (excluding diaryl/α,β-unsaturated/α-hetero) is 3. The molecule has 0 aromatic carbocycles. The average molecular weight is 1450 g/mol. The molecule has 12 saturated carbocycles. The summed E-state index contributed by atoms with van der Waals surface area (Å²) in [6.07, 6.45) is 46.2. The zero-order valence-electron chi connectivity index (χ0n) is 61.4. The third-order valence-electron chi connectivity index (χ3n) is 32.3. The Labute approximate surface area is 608 Å². The highest BCUT2D eigenvalue weighted by Crippen LogP contribution is 2.72. The van der Waals surface area contributed by atoms with Crippen LogP contribution in [0, 0.1) is 121 Å². The normalized spacial score (nSPS) is 43.8. The number of hydrogen-bond acceptors (Lipinski definition) is 15. The molecular formula is C82H119BrN12O6. The average Bonchev–Trinajstić information content (AvgIpc) is 1.69. The fourth-order valence-corrected chi connectivity index (χ4v) is 27.4. The van der Waals surface area contributed by atoms with E-state index in [0.717, 1.165) is 147 Å². The van der Waals surface area contributed by atoms with Gasteiger partial charge in [-0.25, -0.2) is 34.6 Å². The second-order valence-electron chi connectivity index (χ2n) is 37.4. The number of carbonyl (C=O) groups excluding carboxylic acids is 3. The van der Waals surface area contributed by atoms with E-state index in [0.29, 0.717) is 92.9 Å². The van der Waals surface area contributed by atoms with Crippen molar-refractivity contribution >= 4 is 66.8 Å². The number of aromatic amines is 1. The molecule has 12 aliphatic rings. The van der Waals surface area contributed by atoms with E-state index in [-0.39, 0.29) is 41.4 Å². The second-order valence-corrected chi connectivity index (χ2v) is 38.0. The summed E-state index contributed by atoms with van der Waals surface area (Å²) in [4.78, 5) is 64.9. The van der Waals surface area contributed by atoms with Crippen molar-refractivity contribution in [3.05, 3.63) is 55.8 Å². The number of aliphatic hydroxyl groups is 3. The Morgan fingerprint density at radius 3 is 1.31 bits per heavy atom. The van der Waals surface area contributed by atoms with Gasteiger partial charge in [-0.3, -0.25) is 24.2 Å². The Morgan fingerprint density at radius 1 is 0.446 bits per heavy atom. The van der Waals surface area contributed by atoms with Gasteiger partial charge in [0.1, 0.15) is 28.9 Å². The Morgan fingerprint density at radius 2 is 0.851 bits per heavy atom. The maximum atomic E-state index is 13.6. The van der Waals surface area contributed by atoms with E-state index in [1.54, 1.807) is 58.9 Å². The molecule has 550 valence electrons. The molecular weight excluding hydrogens is 1330 g/mol. The van der Waals surface area contributed by atoms with Gasteiger partial charge in [0.2, 0.25) is 0 Å². The number of rotatable bonds is 8. The SMILES string of the molecule is C.C[C@@]1(O)CC[C@@]2(C)[C@@H](CC[C@@H]3[C@@H]2CC[C@]2(C)[C@@H](C(=O)CBr)CC[C@@H]32)C1.C[C@@]1(O)CC[C@@]2(C)[C@@H](CC[C@@H]3[C@@H]2CC[C@]2(C)[C@@H](C(=O)Cn4cc5nccnc5n4)CC[C@@H]32)C1.C[C@@]1(O)CC[C@@]2(C)[C@@H](CC[C@@H]3[C@@H]2CC[C@]2(C)[C@@H](C(=O)Cn4ncc5nccnc54)CC[C@@H]32)C1.c1cnc2[nH]ncc2n1. The lowest BCUT2D eigenvalue weighted by Crippen LogP contribution is -2.55. The van der Waals surface area contributed by atoms with Crippen LogP contribution in [0.2, 0.25) is 0 Å². The number of ketones is 3. The lowest BCUT2D eigenvalue weighted by Gasteiger charge is -2.61. The summed E-state index contributed by atoms with van der Waals surface area (Å²) in [5.41, 5.74) is 4.56. The van der Waals surface area contributed by atoms with E-state index in [9.17, 15) is 29.7 Å². The van der Waals surface area contributed by atoms with Crippen LogP contribution < -0.4 is 0 Å². The summed E-state index contributed by atoms with van der Waals surface area (Å²) < 4.78 is 3.49. The van der Waals surface area contributed by atoms with Gasteiger partial charge in [-0.05, 0) is 298 Å². The molecule has 18 nitrogen and oxygen atoms in total. The summed E-state index contributed by atoms with van der Waals surface area (Å²) in [5.74, 6) is 10.3. The first-order valence-corrected chi connectivity index (χ1v) is 40.4.